The number of hydrogen-bond acceptors (Lipinski definition) is 2. The second kappa shape index (κ2) is 9.58. The minimum absolute atomic E-state index is 0.305. The van der Waals surface area contributed by atoms with Crippen molar-refractivity contribution in [2.24, 2.45) is 0 Å². The Labute approximate surface area is 254 Å². The van der Waals surface area contributed by atoms with Gasteiger partial charge in [0.2, 0.25) is 0 Å². The van der Waals surface area contributed by atoms with Crippen molar-refractivity contribution in [2.45, 2.75) is 0 Å². The molecule has 0 bridgehead atoms. The smallest absolute Gasteiger partial charge is 0.143 e. The molecule has 0 radical (unpaired) electrons. The highest BCUT2D eigenvalue weighted by Crippen LogP contribution is 2.50. The first kappa shape index (κ1) is 24.7. The van der Waals surface area contributed by atoms with Gasteiger partial charge in [-0.05, 0) is 61.8 Å². The van der Waals surface area contributed by atoms with Gasteiger partial charge in [0.15, 0.2) is 0 Å². The molecule has 0 unspecified atom stereocenters. The third kappa shape index (κ3) is 3.55. The summed E-state index contributed by atoms with van der Waals surface area (Å²) in [6, 6.07) is 52.6. The van der Waals surface area contributed by atoms with Crippen LogP contribution in [0, 0.1) is 0 Å². The van der Waals surface area contributed by atoms with Crippen molar-refractivity contribution in [2.75, 3.05) is 0 Å². The van der Waals surface area contributed by atoms with Crippen LogP contribution in [0.4, 0.5) is 0 Å². The van der Waals surface area contributed by atoms with Gasteiger partial charge in [0.05, 0.1) is 0 Å². The second-order valence-corrected chi connectivity index (χ2v) is 11.4. The van der Waals surface area contributed by atoms with Crippen molar-refractivity contribution < 1.29 is 9.52 Å². The lowest BCUT2D eigenvalue weighted by Crippen LogP contribution is -1.93. The van der Waals surface area contributed by atoms with E-state index in [0.717, 1.165) is 87.6 Å². The minimum Gasteiger partial charge on any atom is -0.507 e. The van der Waals surface area contributed by atoms with E-state index in [4.69, 9.17) is 4.42 Å². The van der Waals surface area contributed by atoms with Crippen LogP contribution < -0.4 is 0 Å². The van der Waals surface area contributed by atoms with Crippen LogP contribution in [0.15, 0.2) is 156 Å². The Morgan fingerprint density at radius 1 is 0.364 bits per heavy atom. The lowest BCUT2D eigenvalue weighted by atomic mass is 9.83. The first-order valence-electron chi connectivity index (χ1n) is 14.9. The van der Waals surface area contributed by atoms with Gasteiger partial charge in [0, 0.05) is 32.8 Å². The monoisotopic (exact) mass is 562 g/mol. The van der Waals surface area contributed by atoms with Gasteiger partial charge in [-0.3, -0.25) is 0 Å². The summed E-state index contributed by atoms with van der Waals surface area (Å²) in [5.74, 6) is 0.305. The largest absolute Gasteiger partial charge is 0.507 e. The molecule has 0 amide bonds. The fourth-order valence-electron chi connectivity index (χ4n) is 7.05. The van der Waals surface area contributed by atoms with Gasteiger partial charge in [0.25, 0.3) is 0 Å². The number of benzene rings is 8. The third-order valence-corrected chi connectivity index (χ3v) is 8.98. The van der Waals surface area contributed by atoms with Crippen molar-refractivity contribution in [3.63, 3.8) is 0 Å². The van der Waals surface area contributed by atoms with E-state index in [9.17, 15) is 5.11 Å². The number of aromatic hydroxyl groups is 1. The Balaban J connectivity index is 1.45. The topological polar surface area (TPSA) is 33.4 Å². The molecule has 0 aliphatic carbocycles. The Morgan fingerprint density at radius 2 is 0.886 bits per heavy atom. The molecule has 0 saturated heterocycles. The number of hydrogen-bond donors (Lipinski definition) is 1. The van der Waals surface area contributed by atoms with E-state index >= 15 is 0 Å². The highest BCUT2D eigenvalue weighted by Gasteiger charge is 2.23. The Bertz CT molecular complexity index is 2500. The zero-order valence-corrected chi connectivity index (χ0v) is 23.8. The van der Waals surface area contributed by atoms with Crippen LogP contribution in [-0.2, 0) is 0 Å². The van der Waals surface area contributed by atoms with Gasteiger partial charge in [0.1, 0.15) is 16.9 Å². The van der Waals surface area contributed by atoms with Gasteiger partial charge in [-0.15, -0.1) is 0 Å². The summed E-state index contributed by atoms with van der Waals surface area (Å²) >= 11 is 0. The van der Waals surface area contributed by atoms with Crippen LogP contribution in [0.2, 0.25) is 0 Å². The summed E-state index contributed by atoms with van der Waals surface area (Å²) in [4.78, 5) is 0. The first-order chi connectivity index (χ1) is 21.8. The quantitative estimate of drug-likeness (QED) is 0.217. The van der Waals surface area contributed by atoms with E-state index in [1.54, 1.807) is 0 Å². The predicted octanol–water partition coefficient (Wildman–Crippen LogP) is 11.8. The summed E-state index contributed by atoms with van der Waals surface area (Å²) in [7, 11) is 0. The average Bonchev–Trinajstić information content (AvgIpc) is 3.46. The zero-order chi connectivity index (χ0) is 29.2. The number of furan rings is 1. The third-order valence-electron chi connectivity index (χ3n) is 8.98. The van der Waals surface area contributed by atoms with Crippen molar-refractivity contribution in [1.29, 1.82) is 0 Å². The van der Waals surface area contributed by atoms with Crippen LogP contribution in [-0.4, -0.2) is 5.11 Å². The summed E-state index contributed by atoms with van der Waals surface area (Å²) in [6.45, 7) is 0. The molecule has 44 heavy (non-hydrogen) atoms. The lowest BCUT2D eigenvalue weighted by Gasteiger charge is -2.20. The normalized spacial score (nSPS) is 11.7. The molecular weight excluding hydrogens is 536 g/mol. The van der Waals surface area contributed by atoms with E-state index in [-0.39, 0.29) is 0 Å². The van der Waals surface area contributed by atoms with Gasteiger partial charge in [-0.2, -0.15) is 0 Å². The number of phenolic OH excluding ortho intramolecular Hbond substituents is 1. The standard InChI is InChI=1S/C42H26O2/c43-41-28-15-5-4-12-26(28)22-23-36(41)40-32-19-8-6-17-30(32)39(31-18-7-9-20-33(31)40)35-25-24-34-29-16-10-11-21-37(29)44-42(34)38(35)27-13-2-1-3-14-27/h1-25,43H. The Morgan fingerprint density at radius 3 is 1.57 bits per heavy atom. The van der Waals surface area contributed by atoms with Crippen LogP contribution in [0.1, 0.15) is 0 Å². The van der Waals surface area contributed by atoms with Gasteiger partial charge in [-0.1, -0.05) is 133 Å². The summed E-state index contributed by atoms with van der Waals surface area (Å²) in [5, 5.41) is 20.2. The van der Waals surface area contributed by atoms with E-state index in [2.05, 4.69) is 115 Å². The maximum atomic E-state index is 11.7. The van der Waals surface area contributed by atoms with Crippen LogP contribution >= 0.6 is 0 Å². The van der Waals surface area contributed by atoms with Crippen molar-refractivity contribution >= 4 is 54.3 Å². The molecule has 9 aromatic rings. The van der Waals surface area contributed by atoms with Gasteiger partial charge < -0.3 is 9.52 Å². The minimum atomic E-state index is 0.305. The molecule has 1 aromatic heterocycles. The first-order valence-corrected chi connectivity index (χ1v) is 14.9. The average molecular weight is 563 g/mol. The van der Waals surface area contributed by atoms with Crippen molar-refractivity contribution in [3.8, 4) is 39.1 Å². The Hall–Kier alpha value is -5.86. The molecule has 0 saturated carbocycles. The highest BCUT2D eigenvalue weighted by atomic mass is 16.3. The van der Waals surface area contributed by atoms with Crippen molar-refractivity contribution in [1.82, 2.24) is 0 Å². The number of para-hydroxylation sites is 1. The maximum absolute atomic E-state index is 11.7. The summed E-state index contributed by atoms with van der Waals surface area (Å²) < 4.78 is 6.64. The predicted molar refractivity (Wildman–Crippen MR) is 184 cm³/mol. The fraction of sp³-hybridized carbons (Fsp3) is 0. The lowest BCUT2D eigenvalue weighted by molar-refractivity contribution is 0.483. The number of phenols is 1. The fourth-order valence-corrected chi connectivity index (χ4v) is 7.05. The second-order valence-electron chi connectivity index (χ2n) is 11.4. The molecule has 0 spiro atoms. The SMILES string of the molecule is Oc1c(-c2c3ccccc3c(-c3ccc4c(oc5ccccc54)c3-c3ccccc3)c3ccccc23)ccc2ccccc12. The molecule has 1 heterocycles. The zero-order valence-electron chi connectivity index (χ0n) is 23.8. The molecule has 2 heteroatoms. The van der Waals surface area contributed by atoms with E-state index < -0.39 is 0 Å². The van der Waals surface area contributed by atoms with Gasteiger partial charge >= 0.3 is 0 Å². The number of rotatable bonds is 3. The molecule has 8 aromatic carbocycles. The molecular formula is C42H26O2. The number of fused-ring (bicyclic) bond motifs is 6. The van der Waals surface area contributed by atoms with E-state index in [1.807, 2.05) is 36.4 Å². The maximum Gasteiger partial charge on any atom is 0.143 e. The molecule has 0 aliphatic rings. The summed E-state index contributed by atoms with van der Waals surface area (Å²) in [5.41, 5.74) is 8.10. The van der Waals surface area contributed by atoms with Gasteiger partial charge in [-0.25, -0.2) is 0 Å². The molecule has 206 valence electrons. The van der Waals surface area contributed by atoms with Crippen LogP contribution in [0.25, 0.3) is 87.6 Å². The molecule has 2 nitrogen and oxygen atoms in total. The molecule has 0 aliphatic heterocycles. The van der Waals surface area contributed by atoms with Crippen LogP contribution in [0.5, 0.6) is 5.75 Å². The van der Waals surface area contributed by atoms with Crippen molar-refractivity contribution in [3.05, 3.63) is 152 Å². The molecule has 0 atom stereocenters. The highest BCUT2D eigenvalue weighted by molar-refractivity contribution is 6.25. The Kier molecular flexibility index (Phi) is 5.38. The molecule has 1 N–H and O–H groups in total. The van der Waals surface area contributed by atoms with Crippen LogP contribution in [0.3, 0.4) is 0 Å². The molecule has 0 fully saturated rings. The van der Waals surface area contributed by atoms with E-state index in [1.165, 1.54) is 0 Å². The molecule has 9 rings (SSSR count). The summed E-state index contributed by atoms with van der Waals surface area (Å²) in [6.07, 6.45) is 0. The van der Waals surface area contributed by atoms with E-state index in [0.29, 0.717) is 5.75 Å².